The summed E-state index contributed by atoms with van der Waals surface area (Å²) in [5.74, 6) is 0. The minimum atomic E-state index is -3.93. The number of hydrogen-bond donors (Lipinski definition) is 0. The molecule has 0 bridgehead atoms. The van der Waals surface area contributed by atoms with Gasteiger partial charge < -0.3 is 0 Å². The molecule has 0 radical (unpaired) electrons. The van der Waals surface area contributed by atoms with Crippen LogP contribution >= 0.6 is 0 Å². The average Bonchev–Trinajstić information content (AvgIpc) is 3.22. The fourth-order valence-corrected chi connectivity index (χ4v) is 4.76. The zero-order chi connectivity index (χ0) is 20.4. The molecule has 146 valence electrons. The third-order valence-corrected chi connectivity index (χ3v) is 6.43. The summed E-state index contributed by atoms with van der Waals surface area (Å²) in [6, 6.07) is 22.7. The molecule has 0 aromatic heterocycles. The second kappa shape index (κ2) is 7.48. The SMILES string of the molecule is O=[N+]([O-])c1cccc([C@@H]2CC(c3ccccc3)=NN2S(=O)(=O)c2ccccc2)c1. The van der Waals surface area contributed by atoms with E-state index in [4.69, 9.17) is 0 Å². The van der Waals surface area contributed by atoms with Gasteiger partial charge in [0.15, 0.2) is 0 Å². The van der Waals surface area contributed by atoms with Crippen molar-refractivity contribution in [1.82, 2.24) is 4.41 Å². The van der Waals surface area contributed by atoms with Crippen LogP contribution in [0, 0.1) is 10.1 Å². The molecule has 1 aliphatic heterocycles. The number of sulfonamides is 1. The third kappa shape index (κ3) is 3.62. The summed E-state index contributed by atoms with van der Waals surface area (Å²) in [6.07, 6.45) is 0.317. The highest BCUT2D eigenvalue weighted by atomic mass is 32.2. The van der Waals surface area contributed by atoms with Gasteiger partial charge in [-0.2, -0.15) is 17.9 Å². The Morgan fingerprint density at radius 2 is 1.59 bits per heavy atom. The maximum absolute atomic E-state index is 13.3. The predicted octanol–water partition coefficient (Wildman–Crippen LogP) is 4.13. The van der Waals surface area contributed by atoms with Crippen LogP contribution in [0.1, 0.15) is 23.6 Å². The molecule has 0 fully saturated rings. The van der Waals surface area contributed by atoms with E-state index in [1.54, 1.807) is 30.3 Å². The normalized spacial score (nSPS) is 16.5. The number of non-ortho nitro benzene ring substituents is 1. The Bertz CT molecular complexity index is 1180. The lowest BCUT2D eigenvalue weighted by Crippen LogP contribution is -2.27. The topological polar surface area (TPSA) is 92.9 Å². The van der Waals surface area contributed by atoms with Crippen LogP contribution in [0.2, 0.25) is 0 Å². The van der Waals surface area contributed by atoms with Crippen molar-refractivity contribution in [3.8, 4) is 0 Å². The Kier molecular flexibility index (Phi) is 4.85. The zero-order valence-corrected chi connectivity index (χ0v) is 16.1. The highest BCUT2D eigenvalue weighted by molar-refractivity contribution is 7.89. The standard InChI is InChI=1S/C21H17N3O4S/c25-24(26)18-11-7-10-17(14-18)21-15-20(16-8-3-1-4-9-16)22-23(21)29(27,28)19-12-5-2-6-13-19/h1-14,21H,15H2/t21-/m0/s1. The van der Waals surface area contributed by atoms with Gasteiger partial charge in [0, 0.05) is 18.6 Å². The molecule has 0 amide bonds. The molecule has 0 saturated heterocycles. The van der Waals surface area contributed by atoms with E-state index in [0.29, 0.717) is 17.7 Å². The first-order valence-corrected chi connectivity index (χ1v) is 10.4. The Morgan fingerprint density at radius 1 is 0.931 bits per heavy atom. The second-order valence-corrected chi connectivity index (χ2v) is 8.37. The van der Waals surface area contributed by atoms with Gasteiger partial charge in [-0.25, -0.2) is 0 Å². The Morgan fingerprint density at radius 3 is 2.24 bits per heavy atom. The van der Waals surface area contributed by atoms with Crippen LogP contribution in [0.5, 0.6) is 0 Å². The Balaban J connectivity index is 1.82. The molecular formula is C21H17N3O4S. The monoisotopic (exact) mass is 407 g/mol. The fourth-order valence-electron chi connectivity index (χ4n) is 3.31. The van der Waals surface area contributed by atoms with Gasteiger partial charge in [-0.1, -0.05) is 60.7 Å². The minimum Gasteiger partial charge on any atom is -0.258 e. The van der Waals surface area contributed by atoms with Gasteiger partial charge in [-0.15, -0.1) is 0 Å². The van der Waals surface area contributed by atoms with Crippen LogP contribution < -0.4 is 0 Å². The van der Waals surface area contributed by atoms with E-state index in [1.807, 2.05) is 30.3 Å². The Hall–Kier alpha value is -3.52. The van der Waals surface area contributed by atoms with E-state index in [0.717, 1.165) is 9.98 Å². The van der Waals surface area contributed by atoms with Gasteiger partial charge in [0.25, 0.3) is 15.7 Å². The highest BCUT2D eigenvalue weighted by Crippen LogP contribution is 2.38. The van der Waals surface area contributed by atoms with E-state index < -0.39 is 21.0 Å². The number of nitro groups is 1. The molecule has 0 unspecified atom stereocenters. The maximum atomic E-state index is 13.3. The van der Waals surface area contributed by atoms with Crippen LogP contribution in [0.25, 0.3) is 0 Å². The van der Waals surface area contributed by atoms with Crippen LogP contribution in [-0.4, -0.2) is 23.5 Å². The number of benzene rings is 3. The maximum Gasteiger partial charge on any atom is 0.279 e. The van der Waals surface area contributed by atoms with Gasteiger partial charge in [0.2, 0.25) is 0 Å². The summed E-state index contributed by atoms with van der Waals surface area (Å²) < 4.78 is 27.7. The largest absolute Gasteiger partial charge is 0.279 e. The number of hydrazone groups is 1. The van der Waals surface area contributed by atoms with Crippen LogP contribution in [0.4, 0.5) is 5.69 Å². The molecule has 1 heterocycles. The zero-order valence-electron chi connectivity index (χ0n) is 15.3. The van der Waals surface area contributed by atoms with Crippen molar-refractivity contribution in [3.05, 3.63) is 106 Å². The number of rotatable bonds is 5. The molecule has 8 heteroatoms. The fraction of sp³-hybridized carbons (Fsp3) is 0.0952. The quantitative estimate of drug-likeness (QED) is 0.469. The van der Waals surface area contributed by atoms with Crippen molar-refractivity contribution in [1.29, 1.82) is 0 Å². The Labute approximate surface area is 168 Å². The van der Waals surface area contributed by atoms with Crippen LogP contribution in [0.15, 0.2) is 94.9 Å². The van der Waals surface area contributed by atoms with E-state index in [9.17, 15) is 18.5 Å². The van der Waals surface area contributed by atoms with Crippen molar-refractivity contribution >= 4 is 21.4 Å². The summed E-state index contributed by atoms with van der Waals surface area (Å²) in [4.78, 5) is 10.8. The van der Waals surface area contributed by atoms with Crippen molar-refractivity contribution in [3.63, 3.8) is 0 Å². The van der Waals surface area contributed by atoms with Gasteiger partial charge in [0.05, 0.1) is 21.6 Å². The molecule has 0 aliphatic carbocycles. The first-order valence-electron chi connectivity index (χ1n) is 8.93. The summed E-state index contributed by atoms with van der Waals surface area (Å²) in [5.41, 5.74) is 1.86. The van der Waals surface area contributed by atoms with E-state index >= 15 is 0 Å². The molecule has 1 aliphatic rings. The number of hydrogen-bond acceptors (Lipinski definition) is 5. The van der Waals surface area contributed by atoms with E-state index in [2.05, 4.69) is 5.10 Å². The molecule has 7 nitrogen and oxygen atoms in total. The van der Waals surface area contributed by atoms with Crippen LogP contribution in [0.3, 0.4) is 0 Å². The second-order valence-electron chi connectivity index (χ2n) is 6.58. The lowest BCUT2D eigenvalue weighted by Gasteiger charge is -2.23. The van der Waals surface area contributed by atoms with Crippen molar-refractivity contribution in [2.45, 2.75) is 17.4 Å². The third-order valence-electron chi connectivity index (χ3n) is 4.73. The summed E-state index contributed by atoms with van der Waals surface area (Å²) in [6.45, 7) is 0. The molecule has 0 saturated carbocycles. The molecule has 29 heavy (non-hydrogen) atoms. The molecule has 0 spiro atoms. The van der Waals surface area contributed by atoms with Gasteiger partial charge in [-0.05, 0) is 23.3 Å². The first kappa shape index (κ1) is 18.8. The molecule has 3 aromatic rings. The van der Waals surface area contributed by atoms with Crippen LogP contribution in [-0.2, 0) is 10.0 Å². The van der Waals surface area contributed by atoms with Gasteiger partial charge in [0.1, 0.15) is 0 Å². The van der Waals surface area contributed by atoms with E-state index in [1.165, 1.54) is 24.3 Å². The summed E-state index contributed by atoms with van der Waals surface area (Å²) >= 11 is 0. The van der Waals surface area contributed by atoms with Crippen molar-refractivity contribution in [2.75, 3.05) is 0 Å². The summed E-state index contributed by atoms with van der Waals surface area (Å²) in [7, 11) is -3.93. The predicted molar refractivity (Wildman–Crippen MR) is 109 cm³/mol. The van der Waals surface area contributed by atoms with Crippen molar-refractivity contribution < 1.29 is 13.3 Å². The van der Waals surface area contributed by atoms with Crippen molar-refractivity contribution in [2.24, 2.45) is 5.10 Å². The number of nitrogens with zero attached hydrogens (tertiary/aromatic N) is 3. The molecular weight excluding hydrogens is 390 g/mol. The molecule has 4 rings (SSSR count). The first-order chi connectivity index (χ1) is 14.0. The molecule has 1 atom stereocenters. The van der Waals surface area contributed by atoms with Gasteiger partial charge in [-0.3, -0.25) is 10.1 Å². The molecule has 0 N–H and O–H groups in total. The smallest absolute Gasteiger partial charge is 0.258 e. The number of nitro benzene ring substituents is 1. The lowest BCUT2D eigenvalue weighted by atomic mass is 9.99. The average molecular weight is 407 g/mol. The summed E-state index contributed by atoms with van der Waals surface area (Å²) in [5, 5.41) is 15.6. The lowest BCUT2D eigenvalue weighted by molar-refractivity contribution is -0.384. The molecule has 3 aromatic carbocycles. The highest BCUT2D eigenvalue weighted by Gasteiger charge is 2.38. The minimum absolute atomic E-state index is 0.0901. The van der Waals surface area contributed by atoms with E-state index in [-0.39, 0.29) is 10.6 Å². The van der Waals surface area contributed by atoms with Gasteiger partial charge >= 0.3 is 0 Å².